The number of unbranched alkanes of at least 4 members (excludes halogenated alkanes) is 1. The largest absolute Gasteiger partial charge is 0.356 e. The summed E-state index contributed by atoms with van der Waals surface area (Å²) in [6.45, 7) is 2.81. The second kappa shape index (κ2) is 8.65. The molecule has 0 bridgehead atoms. The number of rotatable bonds is 8. The molecule has 1 aliphatic carbocycles. The zero-order valence-corrected chi connectivity index (χ0v) is 15.0. The van der Waals surface area contributed by atoms with Gasteiger partial charge in [-0.2, -0.15) is 0 Å². The molecule has 0 spiro atoms. The summed E-state index contributed by atoms with van der Waals surface area (Å²) < 4.78 is 2.01. The Morgan fingerprint density at radius 1 is 1.12 bits per heavy atom. The number of guanidine groups is 1. The lowest BCUT2D eigenvalue weighted by molar-refractivity contribution is 0.244. The number of aryl methyl sites for hydroxylation is 1. The fraction of sp³-hybridized carbons (Fsp3) is 0.526. The minimum atomic E-state index is 0.271. The molecule has 134 valence electrons. The molecule has 2 aromatic rings. The molecule has 0 atom stereocenters. The van der Waals surface area contributed by atoms with Gasteiger partial charge in [-0.15, -0.1) is 10.2 Å². The van der Waals surface area contributed by atoms with Gasteiger partial charge in [0.25, 0.3) is 0 Å². The van der Waals surface area contributed by atoms with E-state index in [1.54, 1.807) is 12.7 Å². The summed E-state index contributed by atoms with van der Waals surface area (Å²) in [6.07, 6.45) is 9.51. The highest BCUT2D eigenvalue weighted by Gasteiger charge is 2.38. The van der Waals surface area contributed by atoms with E-state index in [0.29, 0.717) is 0 Å². The number of aliphatic imine (C=N–C) groups is 1. The molecular formula is C19H28N6. The van der Waals surface area contributed by atoms with Gasteiger partial charge in [-0.3, -0.25) is 4.99 Å². The SMILES string of the molecule is CN=C(NCCCCn1cnnc1)NCC1(c2ccccc2)CCC1. The highest BCUT2D eigenvalue weighted by atomic mass is 15.2. The van der Waals surface area contributed by atoms with Crippen molar-refractivity contribution in [2.24, 2.45) is 4.99 Å². The lowest BCUT2D eigenvalue weighted by Gasteiger charge is -2.43. The summed E-state index contributed by atoms with van der Waals surface area (Å²) in [5.41, 5.74) is 1.71. The van der Waals surface area contributed by atoms with Crippen molar-refractivity contribution in [3.63, 3.8) is 0 Å². The average Bonchev–Trinajstić information content (AvgIpc) is 3.13. The maximum atomic E-state index is 4.36. The normalized spacial score (nSPS) is 16.3. The molecular weight excluding hydrogens is 312 g/mol. The summed E-state index contributed by atoms with van der Waals surface area (Å²) in [5.74, 6) is 0.895. The molecule has 25 heavy (non-hydrogen) atoms. The van der Waals surface area contributed by atoms with E-state index in [9.17, 15) is 0 Å². The van der Waals surface area contributed by atoms with E-state index >= 15 is 0 Å². The van der Waals surface area contributed by atoms with E-state index in [-0.39, 0.29) is 5.41 Å². The summed E-state index contributed by atoms with van der Waals surface area (Å²) in [6, 6.07) is 10.9. The van der Waals surface area contributed by atoms with Gasteiger partial charge < -0.3 is 15.2 Å². The van der Waals surface area contributed by atoms with Gasteiger partial charge in [-0.1, -0.05) is 36.8 Å². The van der Waals surface area contributed by atoms with E-state index in [4.69, 9.17) is 0 Å². The van der Waals surface area contributed by atoms with Crippen LogP contribution in [0.2, 0.25) is 0 Å². The minimum Gasteiger partial charge on any atom is -0.356 e. The zero-order valence-electron chi connectivity index (χ0n) is 15.0. The van der Waals surface area contributed by atoms with Crippen molar-refractivity contribution >= 4 is 5.96 Å². The second-order valence-electron chi connectivity index (χ2n) is 6.76. The molecule has 1 saturated carbocycles. The summed E-state index contributed by atoms with van der Waals surface area (Å²) in [4.78, 5) is 4.36. The van der Waals surface area contributed by atoms with Crippen molar-refractivity contribution < 1.29 is 0 Å². The van der Waals surface area contributed by atoms with Gasteiger partial charge >= 0.3 is 0 Å². The van der Waals surface area contributed by atoms with E-state index in [2.05, 4.69) is 56.2 Å². The molecule has 0 saturated heterocycles. The number of nitrogens with zero attached hydrogens (tertiary/aromatic N) is 4. The lowest BCUT2D eigenvalue weighted by Crippen LogP contribution is -2.49. The molecule has 1 heterocycles. The van der Waals surface area contributed by atoms with Crippen LogP contribution in [-0.4, -0.2) is 40.9 Å². The van der Waals surface area contributed by atoms with Gasteiger partial charge in [0.05, 0.1) is 0 Å². The molecule has 1 aromatic carbocycles. The van der Waals surface area contributed by atoms with Crippen LogP contribution in [0.4, 0.5) is 0 Å². The Labute approximate surface area is 149 Å². The molecule has 1 fully saturated rings. The third-order valence-electron chi connectivity index (χ3n) is 5.12. The van der Waals surface area contributed by atoms with Crippen molar-refractivity contribution in [2.45, 2.75) is 44.1 Å². The first-order valence-electron chi connectivity index (χ1n) is 9.15. The van der Waals surface area contributed by atoms with Gasteiger partial charge in [0.15, 0.2) is 5.96 Å². The number of aromatic nitrogens is 3. The van der Waals surface area contributed by atoms with Crippen molar-refractivity contribution in [1.29, 1.82) is 0 Å². The predicted molar refractivity (Wildman–Crippen MR) is 101 cm³/mol. The maximum Gasteiger partial charge on any atom is 0.191 e. The number of benzene rings is 1. The van der Waals surface area contributed by atoms with Crippen LogP contribution in [0.3, 0.4) is 0 Å². The monoisotopic (exact) mass is 340 g/mol. The number of nitrogens with one attached hydrogen (secondary N) is 2. The predicted octanol–water partition coefficient (Wildman–Crippen LogP) is 2.35. The molecule has 0 amide bonds. The minimum absolute atomic E-state index is 0.271. The van der Waals surface area contributed by atoms with Crippen molar-refractivity contribution in [3.05, 3.63) is 48.5 Å². The van der Waals surface area contributed by atoms with E-state index in [1.165, 1.54) is 24.8 Å². The first kappa shape index (κ1) is 17.5. The van der Waals surface area contributed by atoms with E-state index < -0.39 is 0 Å². The highest BCUT2D eigenvalue weighted by Crippen LogP contribution is 2.43. The Balaban J connectivity index is 1.40. The summed E-state index contributed by atoms with van der Waals surface area (Å²) in [7, 11) is 1.84. The van der Waals surface area contributed by atoms with E-state index in [1.807, 2.05) is 11.6 Å². The smallest absolute Gasteiger partial charge is 0.191 e. The van der Waals surface area contributed by atoms with Crippen LogP contribution in [0, 0.1) is 0 Å². The zero-order chi connectivity index (χ0) is 17.4. The van der Waals surface area contributed by atoms with Crippen LogP contribution < -0.4 is 10.6 Å². The molecule has 6 nitrogen and oxygen atoms in total. The maximum absolute atomic E-state index is 4.36. The van der Waals surface area contributed by atoms with Crippen LogP contribution in [0.5, 0.6) is 0 Å². The van der Waals surface area contributed by atoms with E-state index in [0.717, 1.165) is 38.4 Å². The molecule has 2 N–H and O–H groups in total. The van der Waals surface area contributed by atoms with Crippen LogP contribution in [0.25, 0.3) is 0 Å². The van der Waals surface area contributed by atoms with Gasteiger partial charge in [-0.05, 0) is 31.2 Å². The third kappa shape index (κ3) is 4.59. The Bertz CT molecular complexity index is 646. The molecule has 3 rings (SSSR count). The molecule has 1 aromatic heterocycles. The second-order valence-corrected chi connectivity index (χ2v) is 6.76. The fourth-order valence-electron chi connectivity index (χ4n) is 3.40. The van der Waals surface area contributed by atoms with Crippen molar-refractivity contribution in [2.75, 3.05) is 20.1 Å². The number of hydrogen-bond donors (Lipinski definition) is 2. The van der Waals surface area contributed by atoms with Crippen LogP contribution in [0.15, 0.2) is 48.0 Å². The standard InChI is InChI=1S/C19H28N6/c1-20-18(21-12-5-6-13-25-15-23-24-16-25)22-14-19(10-7-11-19)17-8-3-2-4-9-17/h2-4,8-9,15-16H,5-7,10-14H2,1H3,(H2,20,21,22). The molecule has 6 heteroatoms. The molecule has 0 radical (unpaired) electrons. The summed E-state index contributed by atoms with van der Waals surface area (Å²) >= 11 is 0. The molecule has 0 unspecified atom stereocenters. The summed E-state index contributed by atoms with van der Waals surface area (Å²) in [5, 5.41) is 14.6. The average molecular weight is 340 g/mol. The van der Waals surface area contributed by atoms with Crippen LogP contribution in [-0.2, 0) is 12.0 Å². The molecule has 1 aliphatic rings. The quantitative estimate of drug-likeness (QED) is 0.440. The first-order valence-corrected chi connectivity index (χ1v) is 9.15. The highest BCUT2D eigenvalue weighted by molar-refractivity contribution is 5.79. The Morgan fingerprint density at radius 2 is 1.88 bits per heavy atom. The van der Waals surface area contributed by atoms with Crippen LogP contribution in [0.1, 0.15) is 37.7 Å². The van der Waals surface area contributed by atoms with Crippen LogP contribution >= 0.6 is 0 Å². The molecule has 0 aliphatic heterocycles. The number of hydrogen-bond acceptors (Lipinski definition) is 3. The topological polar surface area (TPSA) is 67.1 Å². The Morgan fingerprint density at radius 3 is 2.52 bits per heavy atom. The fourth-order valence-corrected chi connectivity index (χ4v) is 3.40. The Hall–Kier alpha value is -2.37. The van der Waals surface area contributed by atoms with Gasteiger partial charge in [0.1, 0.15) is 12.7 Å². The third-order valence-corrected chi connectivity index (χ3v) is 5.12. The first-order chi connectivity index (χ1) is 12.3. The van der Waals surface area contributed by atoms with Gasteiger partial charge in [0, 0.05) is 32.1 Å². The lowest BCUT2D eigenvalue weighted by atomic mass is 9.64. The van der Waals surface area contributed by atoms with Crippen molar-refractivity contribution in [1.82, 2.24) is 25.4 Å². The van der Waals surface area contributed by atoms with Gasteiger partial charge in [0.2, 0.25) is 0 Å². The Kier molecular flexibility index (Phi) is 6.04. The van der Waals surface area contributed by atoms with Gasteiger partial charge in [-0.25, -0.2) is 0 Å². The van der Waals surface area contributed by atoms with Crippen molar-refractivity contribution in [3.8, 4) is 0 Å².